The van der Waals surface area contributed by atoms with Crippen LogP contribution in [0.4, 0.5) is 18.9 Å². The Kier molecular flexibility index (Phi) is 8.07. The monoisotopic (exact) mass is 503 g/mol. The van der Waals surface area contributed by atoms with Crippen molar-refractivity contribution < 1.29 is 32.2 Å². The molecule has 0 amide bonds. The van der Waals surface area contributed by atoms with E-state index < -0.39 is 29.7 Å². The van der Waals surface area contributed by atoms with E-state index in [0.717, 1.165) is 24.6 Å². The summed E-state index contributed by atoms with van der Waals surface area (Å²) in [4.78, 5) is 31.4. The summed E-state index contributed by atoms with van der Waals surface area (Å²) in [7, 11) is 4.97. The fourth-order valence-corrected chi connectivity index (χ4v) is 4.14. The number of nitrogens with one attached hydrogen (secondary N) is 1. The Bertz CT molecular complexity index is 1200. The third-order valence-electron chi connectivity index (χ3n) is 5.88. The van der Waals surface area contributed by atoms with Gasteiger partial charge in [0.25, 0.3) is 0 Å². The predicted molar refractivity (Wildman–Crippen MR) is 128 cm³/mol. The molecule has 2 aromatic rings. The zero-order chi connectivity index (χ0) is 26.6. The van der Waals surface area contributed by atoms with Crippen molar-refractivity contribution in [2.45, 2.75) is 32.4 Å². The molecule has 192 valence electrons. The number of anilines is 1. The molecule has 1 aromatic heterocycles. The number of halogens is 3. The van der Waals surface area contributed by atoms with E-state index in [4.69, 9.17) is 9.47 Å². The number of pyridine rings is 1. The fourth-order valence-electron chi connectivity index (χ4n) is 4.14. The first-order valence-electron chi connectivity index (χ1n) is 11.2. The van der Waals surface area contributed by atoms with E-state index in [1.807, 2.05) is 43.3 Å². The van der Waals surface area contributed by atoms with Crippen molar-refractivity contribution in [3.8, 4) is 0 Å². The number of aromatic nitrogens is 1. The van der Waals surface area contributed by atoms with E-state index in [-0.39, 0.29) is 34.7 Å². The van der Waals surface area contributed by atoms with Crippen LogP contribution >= 0.6 is 0 Å². The molecule has 0 spiro atoms. The summed E-state index contributed by atoms with van der Waals surface area (Å²) in [5.41, 5.74) is 0.746. The Labute approximate surface area is 207 Å². The second-order valence-electron chi connectivity index (χ2n) is 8.51. The SMILES string of the molecule is COC(=O)C1=C(C)NC(C)=C(C(=O)OCCc2ccc(N(C)C)cc2)C1c1cccnc1C(F)(F)F. The number of dihydropyridines is 1. The van der Waals surface area contributed by atoms with E-state index in [0.29, 0.717) is 6.42 Å². The van der Waals surface area contributed by atoms with Gasteiger partial charge in [-0.3, -0.25) is 4.98 Å². The van der Waals surface area contributed by atoms with Crippen molar-refractivity contribution in [2.75, 3.05) is 32.7 Å². The van der Waals surface area contributed by atoms with Crippen LogP contribution < -0.4 is 10.2 Å². The molecule has 1 aliphatic rings. The van der Waals surface area contributed by atoms with Crippen LogP contribution in [0.3, 0.4) is 0 Å². The molecule has 0 saturated heterocycles. The van der Waals surface area contributed by atoms with Crippen LogP contribution in [0.15, 0.2) is 65.1 Å². The average Bonchev–Trinajstić information content (AvgIpc) is 2.82. The van der Waals surface area contributed by atoms with Gasteiger partial charge in [-0.2, -0.15) is 13.2 Å². The highest BCUT2D eigenvalue weighted by Gasteiger charge is 2.44. The van der Waals surface area contributed by atoms with Gasteiger partial charge in [-0.1, -0.05) is 18.2 Å². The molecule has 36 heavy (non-hydrogen) atoms. The Morgan fingerprint density at radius 3 is 2.19 bits per heavy atom. The van der Waals surface area contributed by atoms with E-state index in [2.05, 4.69) is 10.3 Å². The van der Waals surface area contributed by atoms with Crippen molar-refractivity contribution in [3.63, 3.8) is 0 Å². The standard InChI is InChI=1S/C26H28F3N3O4/c1-15-20(24(33)35-5)22(19-7-6-13-30-23(19)26(27,28)29)21(16(2)31-15)25(34)36-14-12-17-8-10-18(11-9-17)32(3)4/h6-11,13,22,31H,12,14H2,1-5H3. The summed E-state index contributed by atoms with van der Waals surface area (Å²) in [6.45, 7) is 3.08. The third kappa shape index (κ3) is 5.69. The molecule has 3 rings (SSSR count). The van der Waals surface area contributed by atoms with Gasteiger partial charge in [0.1, 0.15) is 5.69 Å². The topological polar surface area (TPSA) is 80.8 Å². The van der Waals surface area contributed by atoms with Gasteiger partial charge in [0.05, 0.1) is 30.8 Å². The molecule has 0 saturated carbocycles. The first-order valence-corrected chi connectivity index (χ1v) is 11.2. The number of methoxy groups -OCH3 is 1. The van der Waals surface area contributed by atoms with E-state index >= 15 is 0 Å². The lowest BCUT2D eigenvalue weighted by Crippen LogP contribution is -2.33. The van der Waals surface area contributed by atoms with Crippen molar-refractivity contribution >= 4 is 17.6 Å². The van der Waals surface area contributed by atoms with Gasteiger partial charge < -0.3 is 19.7 Å². The number of hydrogen-bond donors (Lipinski definition) is 1. The molecule has 2 heterocycles. The lowest BCUT2D eigenvalue weighted by atomic mass is 9.79. The van der Waals surface area contributed by atoms with Gasteiger partial charge in [0.2, 0.25) is 0 Å². The van der Waals surface area contributed by atoms with E-state index in [9.17, 15) is 22.8 Å². The Hall–Kier alpha value is -3.82. The quantitative estimate of drug-likeness (QED) is 0.563. The van der Waals surface area contributed by atoms with Crippen molar-refractivity contribution in [1.82, 2.24) is 10.3 Å². The maximum atomic E-state index is 13.9. The Balaban J connectivity index is 1.95. The molecular formula is C26H28F3N3O4. The van der Waals surface area contributed by atoms with Crippen LogP contribution in [-0.4, -0.2) is 44.7 Å². The zero-order valence-electron chi connectivity index (χ0n) is 20.7. The average molecular weight is 504 g/mol. The molecule has 1 aromatic carbocycles. The van der Waals surface area contributed by atoms with Gasteiger partial charge in [0, 0.05) is 43.8 Å². The summed E-state index contributed by atoms with van der Waals surface area (Å²) in [5.74, 6) is -3.07. The fraction of sp³-hybridized carbons (Fsp3) is 0.346. The molecule has 0 aliphatic carbocycles. The molecule has 1 atom stereocenters. The van der Waals surface area contributed by atoms with Gasteiger partial charge in [-0.15, -0.1) is 0 Å². The van der Waals surface area contributed by atoms with Crippen molar-refractivity contribution in [3.05, 3.63) is 82.0 Å². The maximum Gasteiger partial charge on any atom is 0.433 e. The van der Waals surface area contributed by atoms with Crippen molar-refractivity contribution in [1.29, 1.82) is 0 Å². The van der Waals surface area contributed by atoms with Crippen LogP contribution in [-0.2, 0) is 31.7 Å². The predicted octanol–water partition coefficient (Wildman–Crippen LogP) is 4.36. The number of carbonyl (C=O) groups is 2. The summed E-state index contributed by atoms with van der Waals surface area (Å²) in [5, 5.41) is 2.91. The molecule has 0 radical (unpaired) electrons. The molecule has 1 N–H and O–H groups in total. The van der Waals surface area contributed by atoms with E-state index in [1.165, 1.54) is 19.1 Å². The highest BCUT2D eigenvalue weighted by Crippen LogP contribution is 2.43. The number of alkyl halides is 3. The number of esters is 2. The molecule has 0 bridgehead atoms. The molecule has 10 heteroatoms. The van der Waals surface area contributed by atoms with Crippen LogP contribution in [0, 0.1) is 0 Å². The maximum absolute atomic E-state index is 13.9. The molecule has 7 nitrogen and oxygen atoms in total. The first kappa shape index (κ1) is 26.8. The van der Waals surface area contributed by atoms with Gasteiger partial charge >= 0.3 is 18.1 Å². The molecule has 1 unspecified atom stereocenters. The number of rotatable bonds is 7. The first-order chi connectivity index (χ1) is 17.0. The lowest BCUT2D eigenvalue weighted by molar-refractivity contribution is -0.143. The van der Waals surface area contributed by atoms with Gasteiger partial charge in [0.15, 0.2) is 0 Å². The van der Waals surface area contributed by atoms with Crippen LogP contribution in [0.2, 0.25) is 0 Å². The second kappa shape index (κ2) is 10.8. The minimum Gasteiger partial charge on any atom is -0.466 e. The Morgan fingerprint density at radius 2 is 1.64 bits per heavy atom. The summed E-state index contributed by atoms with van der Waals surface area (Å²) in [6.07, 6.45) is -3.39. The van der Waals surface area contributed by atoms with Gasteiger partial charge in [-0.25, -0.2) is 9.59 Å². The van der Waals surface area contributed by atoms with Crippen LogP contribution in [0.5, 0.6) is 0 Å². The third-order valence-corrected chi connectivity index (χ3v) is 5.88. The number of nitrogens with zero attached hydrogens (tertiary/aromatic N) is 2. The summed E-state index contributed by atoms with van der Waals surface area (Å²) >= 11 is 0. The number of allylic oxidation sites excluding steroid dienone is 2. The number of carbonyl (C=O) groups excluding carboxylic acids is 2. The molecular weight excluding hydrogens is 475 g/mol. The minimum absolute atomic E-state index is 0.000927. The number of hydrogen-bond acceptors (Lipinski definition) is 7. The highest BCUT2D eigenvalue weighted by molar-refractivity contribution is 6.00. The summed E-state index contributed by atoms with van der Waals surface area (Å²) in [6, 6.07) is 10.2. The molecule has 1 aliphatic heterocycles. The second-order valence-corrected chi connectivity index (χ2v) is 8.51. The lowest BCUT2D eigenvalue weighted by Gasteiger charge is -2.31. The summed E-state index contributed by atoms with van der Waals surface area (Å²) < 4.78 is 51.9. The van der Waals surface area contributed by atoms with Crippen LogP contribution in [0.25, 0.3) is 0 Å². The minimum atomic E-state index is -4.81. The van der Waals surface area contributed by atoms with Crippen molar-refractivity contribution in [2.24, 2.45) is 0 Å². The van der Waals surface area contributed by atoms with E-state index in [1.54, 1.807) is 6.92 Å². The molecule has 0 fully saturated rings. The van der Waals surface area contributed by atoms with Gasteiger partial charge in [-0.05, 0) is 43.2 Å². The van der Waals surface area contributed by atoms with Crippen LogP contribution in [0.1, 0.15) is 36.6 Å². The highest BCUT2D eigenvalue weighted by atomic mass is 19.4. The smallest absolute Gasteiger partial charge is 0.433 e. The number of benzene rings is 1. The largest absolute Gasteiger partial charge is 0.466 e. The Morgan fingerprint density at radius 1 is 1.03 bits per heavy atom. The zero-order valence-corrected chi connectivity index (χ0v) is 20.7. The normalized spacial score (nSPS) is 15.9. The number of ether oxygens (including phenoxy) is 2.